The van der Waals surface area contributed by atoms with E-state index in [1.807, 2.05) is 29.3 Å². The Morgan fingerprint density at radius 3 is 2.80 bits per heavy atom. The number of rotatable bonds is 6. The Balaban J connectivity index is 1.28. The summed E-state index contributed by atoms with van der Waals surface area (Å²) in [5.74, 6) is 0.772. The molecule has 1 aliphatic rings. The molecule has 3 aromatic rings. The minimum atomic E-state index is 0.0831. The van der Waals surface area contributed by atoms with Gasteiger partial charge in [0.25, 0.3) is 5.22 Å². The molecule has 0 N–H and O–H groups in total. The number of hydrogen-bond acceptors (Lipinski definition) is 7. The van der Waals surface area contributed by atoms with Crippen LogP contribution in [-0.2, 0) is 11.3 Å². The molecule has 7 nitrogen and oxygen atoms in total. The van der Waals surface area contributed by atoms with Crippen LogP contribution in [0.4, 0.5) is 0 Å². The summed E-state index contributed by atoms with van der Waals surface area (Å²) >= 11 is 7.17. The molecule has 0 radical (unpaired) electrons. The van der Waals surface area contributed by atoms with Crippen LogP contribution in [0.1, 0.15) is 12.5 Å². The second-order valence-corrected chi connectivity index (χ2v) is 8.56. The van der Waals surface area contributed by atoms with Gasteiger partial charge in [0.05, 0.1) is 5.75 Å². The largest absolute Gasteiger partial charge is 0.411 e. The Morgan fingerprint density at radius 1 is 1.23 bits per heavy atom. The number of piperazine rings is 1. The van der Waals surface area contributed by atoms with Crippen LogP contribution in [0, 0.1) is 0 Å². The van der Waals surface area contributed by atoms with Crippen molar-refractivity contribution < 1.29 is 9.21 Å². The highest BCUT2D eigenvalue weighted by molar-refractivity contribution is 7.99. The van der Waals surface area contributed by atoms with Gasteiger partial charge in [-0.2, -0.15) is 0 Å². The van der Waals surface area contributed by atoms with Crippen molar-refractivity contribution in [2.45, 2.75) is 24.7 Å². The number of amides is 1. The zero-order chi connectivity index (χ0) is 20.9. The van der Waals surface area contributed by atoms with Crippen LogP contribution in [0.3, 0.4) is 0 Å². The summed E-state index contributed by atoms with van der Waals surface area (Å²) in [4.78, 5) is 21.2. The molecule has 1 fully saturated rings. The van der Waals surface area contributed by atoms with Gasteiger partial charge >= 0.3 is 0 Å². The van der Waals surface area contributed by atoms with Gasteiger partial charge in [-0.15, -0.1) is 10.2 Å². The summed E-state index contributed by atoms with van der Waals surface area (Å²) in [6.07, 6.45) is 3.67. The fourth-order valence-corrected chi connectivity index (χ4v) is 4.26. The van der Waals surface area contributed by atoms with Crippen LogP contribution in [0.5, 0.6) is 0 Å². The van der Waals surface area contributed by atoms with Crippen LogP contribution in [-0.4, -0.2) is 62.3 Å². The molecule has 30 heavy (non-hydrogen) atoms. The second kappa shape index (κ2) is 9.59. The molecule has 1 saturated heterocycles. The fourth-order valence-electron chi connectivity index (χ4n) is 3.48. The average Bonchev–Trinajstić information content (AvgIpc) is 3.22. The van der Waals surface area contributed by atoms with Crippen molar-refractivity contribution in [3.05, 3.63) is 59.4 Å². The third-order valence-corrected chi connectivity index (χ3v) is 6.03. The van der Waals surface area contributed by atoms with E-state index < -0.39 is 0 Å². The second-order valence-electron chi connectivity index (χ2n) is 7.20. The van der Waals surface area contributed by atoms with Gasteiger partial charge < -0.3 is 9.32 Å². The molecule has 156 valence electrons. The predicted octanol–water partition coefficient (Wildman–Crippen LogP) is 3.61. The Bertz CT molecular complexity index is 983. The number of aromatic nitrogens is 3. The topological polar surface area (TPSA) is 75.4 Å². The van der Waals surface area contributed by atoms with E-state index in [-0.39, 0.29) is 17.7 Å². The number of pyridine rings is 1. The summed E-state index contributed by atoms with van der Waals surface area (Å²) in [5, 5.41) is 9.12. The lowest BCUT2D eigenvalue weighted by molar-refractivity contribution is -0.132. The van der Waals surface area contributed by atoms with Crippen molar-refractivity contribution in [1.29, 1.82) is 0 Å². The number of carbonyl (C=O) groups is 1. The average molecular weight is 444 g/mol. The Hall–Kier alpha value is -2.42. The van der Waals surface area contributed by atoms with E-state index in [1.165, 1.54) is 17.3 Å². The third-order valence-electron chi connectivity index (χ3n) is 4.98. The minimum Gasteiger partial charge on any atom is -0.411 e. The first-order valence-corrected chi connectivity index (χ1v) is 11.1. The van der Waals surface area contributed by atoms with Crippen LogP contribution >= 0.6 is 23.4 Å². The molecule has 0 unspecified atom stereocenters. The number of carbonyl (C=O) groups excluding carboxylic acids is 1. The number of benzene rings is 1. The van der Waals surface area contributed by atoms with E-state index in [1.54, 1.807) is 18.3 Å². The number of halogens is 1. The number of hydrogen-bond donors (Lipinski definition) is 0. The molecule has 2 aromatic heterocycles. The van der Waals surface area contributed by atoms with Crippen molar-refractivity contribution in [2.24, 2.45) is 0 Å². The van der Waals surface area contributed by atoms with Crippen molar-refractivity contribution in [1.82, 2.24) is 25.0 Å². The van der Waals surface area contributed by atoms with E-state index in [0.717, 1.165) is 25.2 Å². The SMILES string of the molecule is C[C@@H]1CN(Cc2cccnc2)CCN1C(=O)CSc1nnc(-c2ccc(Cl)cc2)o1. The zero-order valence-electron chi connectivity index (χ0n) is 16.6. The zero-order valence-corrected chi connectivity index (χ0v) is 18.1. The Morgan fingerprint density at radius 2 is 2.07 bits per heavy atom. The van der Waals surface area contributed by atoms with Gasteiger partial charge in [-0.3, -0.25) is 14.7 Å². The van der Waals surface area contributed by atoms with Crippen LogP contribution in [0.2, 0.25) is 5.02 Å². The number of thioether (sulfide) groups is 1. The molecule has 1 aliphatic heterocycles. The van der Waals surface area contributed by atoms with Gasteiger partial charge in [0.1, 0.15) is 0 Å². The molecule has 1 aromatic carbocycles. The predicted molar refractivity (Wildman–Crippen MR) is 116 cm³/mol. The van der Waals surface area contributed by atoms with Crippen LogP contribution < -0.4 is 0 Å². The molecular weight excluding hydrogens is 422 g/mol. The van der Waals surface area contributed by atoms with E-state index >= 15 is 0 Å². The summed E-state index contributed by atoms with van der Waals surface area (Å²) in [7, 11) is 0. The van der Waals surface area contributed by atoms with Crippen LogP contribution in [0.15, 0.2) is 58.4 Å². The molecule has 1 amide bonds. The Kier molecular flexibility index (Phi) is 6.66. The lowest BCUT2D eigenvalue weighted by Gasteiger charge is -2.39. The van der Waals surface area contributed by atoms with Gasteiger partial charge in [-0.05, 0) is 42.8 Å². The first-order chi connectivity index (χ1) is 14.6. The molecule has 3 heterocycles. The standard InChI is InChI=1S/C21H22ClN5O2S/c1-15-12-26(13-16-3-2-8-23-11-16)9-10-27(15)19(28)14-30-21-25-24-20(29-21)17-4-6-18(22)7-5-17/h2-8,11,15H,9-10,12-14H2,1H3/t15-/m1/s1. The van der Waals surface area contributed by atoms with E-state index in [4.69, 9.17) is 16.0 Å². The van der Waals surface area contributed by atoms with E-state index in [0.29, 0.717) is 22.7 Å². The maximum absolute atomic E-state index is 12.7. The molecule has 4 rings (SSSR count). The van der Waals surface area contributed by atoms with Crippen LogP contribution in [0.25, 0.3) is 11.5 Å². The molecule has 0 spiro atoms. The van der Waals surface area contributed by atoms with Gasteiger partial charge in [-0.25, -0.2) is 0 Å². The lowest BCUT2D eigenvalue weighted by Crippen LogP contribution is -2.54. The van der Waals surface area contributed by atoms with E-state index in [2.05, 4.69) is 33.1 Å². The molecule has 0 saturated carbocycles. The van der Waals surface area contributed by atoms with Crippen molar-refractivity contribution >= 4 is 29.3 Å². The summed E-state index contributed by atoms with van der Waals surface area (Å²) in [6.45, 7) is 5.33. The maximum Gasteiger partial charge on any atom is 0.277 e. The monoisotopic (exact) mass is 443 g/mol. The third kappa shape index (κ3) is 5.19. The van der Waals surface area contributed by atoms with Crippen molar-refractivity contribution in [2.75, 3.05) is 25.4 Å². The van der Waals surface area contributed by atoms with Crippen molar-refractivity contribution in [3.8, 4) is 11.5 Å². The van der Waals surface area contributed by atoms with E-state index in [9.17, 15) is 4.79 Å². The first-order valence-electron chi connectivity index (χ1n) is 9.71. The van der Waals surface area contributed by atoms with Crippen molar-refractivity contribution in [3.63, 3.8) is 0 Å². The molecular formula is C21H22ClN5O2S. The number of nitrogens with zero attached hydrogens (tertiary/aromatic N) is 5. The maximum atomic E-state index is 12.7. The summed E-state index contributed by atoms with van der Waals surface area (Å²) < 4.78 is 5.67. The smallest absolute Gasteiger partial charge is 0.277 e. The van der Waals surface area contributed by atoms with Gasteiger partial charge in [-0.1, -0.05) is 29.4 Å². The minimum absolute atomic E-state index is 0.0831. The fraction of sp³-hybridized carbons (Fsp3) is 0.333. The highest BCUT2D eigenvalue weighted by Gasteiger charge is 2.27. The Labute approximate surface area is 184 Å². The summed E-state index contributed by atoms with van der Waals surface area (Å²) in [6, 6.07) is 11.4. The molecule has 9 heteroatoms. The molecule has 0 bridgehead atoms. The quantitative estimate of drug-likeness (QED) is 0.538. The normalized spacial score (nSPS) is 17.3. The first kappa shape index (κ1) is 20.8. The summed E-state index contributed by atoms with van der Waals surface area (Å²) in [5.41, 5.74) is 1.98. The molecule has 0 aliphatic carbocycles. The van der Waals surface area contributed by atoms with Gasteiger partial charge in [0, 0.05) is 55.2 Å². The molecule has 1 atom stereocenters. The highest BCUT2D eigenvalue weighted by atomic mass is 35.5. The lowest BCUT2D eigenvalue weighted by atomic mass is 10.1. The van der Waals surface area contributed by atoms with Gasteiger partial charge in [0.15, 0.2) is 0 Å². The van der Waals surface area contributed by atoms with Gasteiger partial charge in [0.2, 0.25) is 11.8 Å². The highest BCUT2D eigenvalue weighted by Crippen LogP contribution is 2.25.